The topological polar surface area (TPSA) is 100 Å². The average molecular weight is 458 g/mol. The van der Waals surface area contributed by atoms with Gasteiger partial charge in [-0.1, -0.05) is 12.1 Å². The number of halogens is 3. The number of aryl methyl sites for hydroxylation is 1. The van der Waals surface area contributed by atoms with E-state index in [-0.39, 0.29) is 33.9 Å². The van der Waals surface area contributed by atoms with Crippen molar-refractivity contribution in [3.8, 4) is 5.75 Å². The van der Waals surface area contributed by atoms with Crippen LogP contribution in [0.2, 0.25) is 0 Å². The maximum atomic E-state index is 12.5. The number of carbonyl (C=O) groups is 1. The highest BCUT2D eigenvalue weighted by Crippen LogP contribution is 2.25. The summed E-state index contributed by atoms with van der Waals surface area (Å²) in [5.74, 6) is -0.792. The molecule has 0 saturated carbocycles. The van der Waals surface area contributed by atoms with Gasteiger partial charge in [0.25, 0.3) is 5.56 Å². The normalized spacial score (nSPS) is 11.2. The molecule has 1 amide bonds. The maximum Gasteiger partial charge on any atom is 0.387 e. The molecule has 1 aromatic carbocycles. The second kappa shape index (κ2) is 7.54. The third-order valence-corrected chi connectivity index (χ3v) is 4.58. The Balaban J connectivity index is 1.96. The van der Waals surface area contributed by atoms with Crippen molar-refractivity contribution in [2.45, 2.75) is 13.2 Å². The third kappa shape index (κ3) is 3.54. The second-order valence-corrected chi connectivity index (χ2v) is 6.48. The van der Waals surface area contributed by atoms with Crippen LogP contribution < -0.4 is 21.3 Å². The first kappa shape index (κ1) is 19.7. The molecule has 0 spiro atoms. The van der Waals surface area contributed by atoms with Gasteiger partial charge in [0.1, 0.15) is 12.3 Å². The Morgan fingerprint density at radius 1 is 1.25 bits per heavy atom. The molecule has 2 heterocycles. The van der Waals surface area contributed by atoms with E-state index >= 15 is 0 Å². The quantitative estimate of drug-likeness (QED) is 0.584. The number of aromatic nitrogens is 4. The molecule has 0 aliphatic heterocycles. The number of imidazole rings is 1. The maximum absolute atomic E-state index is 12.5. The zero-order valence-corrected chi connectivity index (χ0v) is 16.2. The monoisotopic (exact) mass is 457 g/mol. The molecule has 3 rings (SSSR count). The lowest BCUT2D eigenvalue weighted by Gasteiger charge is -2.13. The Morgan fingerprint density at radius 3 is 2.61 bits per heavy atom. The molecule has 12 heteroatoms. The predicted octanol–water partition coefficient (Wildman–Crippen LogP) is 1.44. The molecule has 0 atom stereocenters. The number of carbonyl (C=O) groups excluding carboxylic acids is 1. The highest BCUT2D eigenvalue weighted by molar-refractivity contribution is 9.10. The number of benzene rings is 1. The summed E-state index contributed by atoms with van der Waals surface area (Å²) in [5, 5.41) is 2.47. The summed E-state index contributed by atoms with van der Waals surface area (Å²) in [6.07, 6.45) is 0. The van der Waals surface area contributed by atoms with E-state index in [0.29, 0.717) is 0 Å². The highest BCUT2D eigenvalue weighted by Gasteiger charge is 2.20. The largest absolute Gasteiger partial charge is 0.433 e. The van der Waals surface area contributed by atoms with Crippen LogP contribution in [0.1, 0.15) is 0 Å². The number of nitrogens with zero attached hydrogens (tertiary/aromatic N) is 4. The number of fused-ring (bicyclic) bond motifs is 1. The van der Waals surface area contributed by atoms with Gasteiger partial charge in [-0.3, -0.25) is 23.3 Å². The van der Waals surface area contributed by atoms with Gasteiger partial charge in [0, 0.05) is 14.1 Å². The molecule has 28 heavy (non-hydrogen) atoms. The van der Waals surface area contributed by atoms with Gasteiger partial charge in [-0.25, -0.2) is 9.78 Å². The number of hydrogen-bond donors (Lipinski definition) is 1. The van der Waals surface area contributed by atoms with Crippen LogP contribution in [-0.4, -0.2) is 31.2 Å². The Labute approximate surface area is 164 Å². The van der Waals surface area contributed by atoms with Crippen LogP contribution in [0.25, 0.3) is 11.2 Å². The van der Waals surface area contributed by atoms with E-state index in [4.69, 9.17) is 0 Å². The number of para-hydroxylation sites is 2. The van der Waals surface area contributed by atoms with Crippen LogP contribution in [0.5, 0.6) is 5.75 Å². The van der Waals surface area contributed by atoms with Gasteiger partial charge >= 0.3 is 12.3 Å². The first-order valence-electron chi connectivity index (χ1n) is 7.86. The lowest BCUT2D eigenvalue weighted by Crippen LogP contribution is -2.37. The van der Waals surface area contributed by atoms with Crippen LogP contribution in [0.3, 0.4) is 0 Å². The van der Waals surface area contributed by atoms with Crippen LogP contribution in [0.4, 0.5) is 14.5 Å². The summed E-state index contributed by atoms with van der Waals surface area (Å²) in [6.45, 7) is -3.38. The number of ether oxygens (including phenoxy) is 1. The molecule has 3 aromatic rings. The summed E-state index contributed by atoms with van der Waals surface area (Å²) in [6, 6.07) is 5.72. The number of nitrogens with one attached hydrogen (secondary N) is 1. The molecule has 148 valence electrons. The summed E-state index contributed by atoms with van der Waals surface area (Å²) in [7, 11) is 2.77. The van der Waals surface area contributed by atoms with Crippen molar-refractivity contribution >= 4 is 38.7 Å². The van der Waals surface area contributed by atoms with Crippen molar-refractivity contribution in [3.05, 3.63) is 49.8 Å². The fourth-order valence-electron chi connectivity index (χ4n) is 2.70. The standard InChI is InChI=1S/C16H14BrF2N5O4/c1-22-12-11(13(26)23(2)16(22)27)21-14(17)24(12)7-10(25)20-8-5-3-4-6-9(8)28-15(18)19/h3-6,15H,7H2,1-2H3,(H,20,25). The van der Waals surface area contributed by atoms with Gasteiger partial charge < -0.3 is 10.1 Å². The Kier molecular flexibility index (Phi) is 5.31. The first-order chi connectivity index (χ1) is 13.2. The van der Waals surface area contributed by atoms with Crippen molar-refractivity contribution in [1.29, 1.82) is 0 Å². The van der Waals surface area contributed by atoms with Gasteiger partial charge in [0.2, 0.25) is 5.91 Å². The fraction of sp³-hybridized carbons (Fsp3) is 0.250. The Bertz CT molecular complexity index is 1180. The molecular formula is C16H14BrF2N5O4. The van der Waals surface area contributed by atoms with E-state index in [9.17, 15) is 23.2 Å². The summed E-state index contributed by atoms with van der Waals surface area (Å²) in [5.41, 5.74) is -0.980. The molecule has 0 radical (unpaired) electrons. The first-order valence-corrected chi connectivity index (χ1v) is 8.65. The minimum atomic E-state index is -3.05. The number of hydrogen-bond acceptors (Lipinski definition) is 5. The molecule has 9 nitrogen and oxygen atoms in total. The van der Waals surface area contributed by atoms with Crippen LogP contribution >= 0.6 is 15.9 Å². The molecule has 0 bridgehead atoms. The van der Waals surface area contributed by atoms with Crippen LogP contribution in [-0.2, 0) is 25.4 Å². The van der Waals surface area contributed by atoms with Crippen LogP contribution in [0, 0.1) is 0 Å². The number of anilines is 1. The predicted molar refractivity (Wildman–Crippen MR) is 99.6 cm³/mol. The third-order valence-electron chi connectivity index (χ3n) is 3.97. The Morgan fingerprint density at radius 2 is 1.93 bits per heavy atom. The van der Waals surface area contributed by atoms with Crippen molar-refractivity contribution in [2.75, 3.05) is 5.32 Å². The number of rotatable bonds is 5. The number of alkyl halides is 2. The van der Waals surface area contributed by atoms with E-state index in [1.54, 1.807) is 6.07 Å². The van der Waals surface area contributed by atoms with E-state index in [0.717, 1.165) is 4.57 Å². The molecule has 0 aliphatic carbocycles. The fourth-order valence-corrected chi connectivity index (χ4v) is 3.18. The van der Waals surface area contributed by atoms with Gasteiger partial charge in [-0.15, -0.1) is 0 Å². The van der Waals surface area contributed by atoms with Crippen molar-refractivity contribution in [3.63, 3.8) is 0 Å². The van der Waals surface area contributed by atoms with Gasteiger partial charge in [0.05, 0.1) is 5.69 Å². The van der Waals surface area contributed by atoms with Gasteiger partial charge in [-0.05, 0) is 28.1 Å². The van der Waals surface area contributed by atoms with E-state index in [1.807, 2.05) is 0 Å². The van der Waals surface area contributed by atoms with Crippen molar-refractivity contribution in [1.82, 2.24) is 18.7 Å². The van der Waals surface area contributed by atoms with Crippen LogP contribution in [0.15, 0.2) is 38.6 Å². The molecule has 1 N–H and O–H groups in total. The van der Waals surface area contributed by atoms with Crippen molar-refractivity contribution in [2.24, 2.45) is 14.1 Å². The summed E-state index contributed by atoms with van der Waals surface area (Å²) < 4.78 is 33.0. The van der Waals surface area contributed by atoms with E-state index < -0.39 is 23.8 Å². The zero-order valence-electron chi connectivity index (χ0n) is 14.6. The van der Waals surface area contributed by atoms with E-state index in [1.165, 1.54) is 41.4 Å². The molecule has 0 saturated heterocycles. The molecule has 0 unspecified atom stereocenters. The summed E-state index contributed by atoms with van der Waals surface area (Å²) in [4.78, 5) is 41.0. The smallest absolute Gasteiger partial charge is 0.387 e. The molecule has 0 fully saturated rings. The molecule has 2 aromatic heterocycles. The van der Waals surface area contributed by atoms with Crippen molar-refractivity contribution < 1.29 is 18.3 Å². The lowest BCUT2D eigenvalue weighted by atomic mass is 10.3. The average Bonchev–Trinajstić information content (AvgIpc) is 2.96. The second-order valence-electron chi connectivity index (χ2n) is 5.77. The van der Waals surface area contributed by atoms with Gasteiger partial charge in [-0.2, -0.15) is 8.78 Å². The minimum absolute atomic E-state index is 0.00529. The molecule has 0 aliphatic rings. The zero-order chi connectivity index (χ0) is 20.6. The minimum Gasteiger partial charge on any atom is -0.433 e. The highest BCUT2D eigenvalue weighted by atomic mass is 79.9. The van der Waals surface area contributed by atoms with Gasteiger partial charge in [0.15, 0.2) is 15.9 Å². The SMILES string of the molecule is Cn1c(=O)c2nc(Br)n(CC(=O)Nc3ccccc3OC(F)F)c2n(C)c1=O. The summed E-state index contributed by atoms with van der Waals surface area (Å²) >= 11 is 3.17. The Hall–Kier alpha value is -3.02. The molecular weight excluding hydrogens is 444 g/mol. The van der Waals surface area contributed by atoms with E-state index in [2.05, 4.69) is 31.0 Å². The lowest BCUT2D eigenvalue weighted by molar-refractivity contribution is -0.116. The number of amides is 1.